The number of rotatable bonds is 8. The van der Waals surface area contributed by atoms with Gasteiger partial charge in [0.2, 0.25) is 17.7 Å². The lowest BCUT2D eigenvalue weighted by Crippen LogP contribution is -2.60. The zero-order valence-electron chi connectivity index (χ0n) is 21.2. The average molecular weight is 486 g/mol. The molecule has 9 nitrogen and oxygen atoms in total. The molecule has 4 rings (SSSR count). The fourth-order valence-electron chi connectivity index (χ4n) is 5.44. The molecule has 1 aromatic carbocycles. The molecule has 0 aromatic heterocycles. The van der Waals surface area contributed by atoms with Gasteiger partial charge >= 0.3 is 0 Å². The topological polar surface area (TPSA) is 85.4 Å². The van der Waals surface area contributed by atoms with E-state index < -0.39 is 0 Å². The predicted molar refractivity (Wildman–Crippen MR) is 133 cm³/mol. The van der Waals surface area contributed by atoms with Crippen LogP contribution < -0.4 is 10.4 Å². The van der Waals surface area contributed by atoms with Gasteiger partial charge in [-0.3, -0.25) is 14.4 Å². The van der Waals surface area contributed by atoms with Crippen LogP contribution in [0.4, 0.5) is 5.69 Å². The van der Waals surface area contributed by atoms with Crippen molar-refractivity contribution in [3.05, 3.63) is 30.3 Å². The molecule has 3 amide bonds. The molecule has 0 spiro atoms. The summed E-state index contributed by atoms with van der Waals surface area (Å²) in [6.07, 6.45) is 1.40. The average Bonchev–Trinajstić information content (AvgIpc) is 3.20. The van der Waals surface area contributed by atoms with Crippen LogP contribution in [0.25, 0.3) is 0 Å². The Hall–Kier alpha value is -2.49. The van der Waals surface area contributed by atoms with Crippen LogP contribution in [0.15, 0.2) is 30.3 Å². The number of ether oxygens (including phenoxy) is 1. The third kappa shape index (κ3) is 5.85. The van der Waals surface area contributed by atoms with Gasteiger partial charge in [0.05, 0.1) is 23.6 Å². The zero-order chi connectivity index (χ0) is 24.9. The highest BCUT2D eigenvalue weighted by atomic mass is 16.5. The number of likely N-dealkylation sites (tertiary alicyclic amines) is 1. The Bertz CT molecular complexity index is 887. The first-order chi connectivity index (χ1) is 16.9. The quantitative estimate of drug-likeness (QED) is 0.557. The minimum Gasteiger partial charge on any atom is -0.385 e. The highest BCUT2D eigenvalue weighted by Gasteiger charge is 2.51. The number of methoxy groups -OCH3 is 1. The molecule has 35 heavy (non-hydrogen) atoms. The fraction of sp³-hybridized carbons (Fsp3) is 0.654. The first-order valence-corrected chi connectivity index (χ1v) is 12.8. The van der Waals surface area contributed by atoms with Crippen molar-refractivity contribution >= 4 is 23.4 Å². The number of piperazine rings is 1. The molecule has 3 heterocycles. The Labute approximate surface area is 208 Å². The van der Waals surface area contributed by atoms with E-state index in [0.717, 1.165) is 18.7 Å². The van der Waals surface area contributed by atoms with Crippen molar-refractivity contribution in [1.82, 2.24) is 20.1 Å². The minimum absolute atomic E-state index is 0.0135. The SMILES string of the molecule is COCCCN1CC(C(=O)N2CCN(C(=O)CC(C)C)CC2)C2NN(c3ccccc3)C(=O)C2C1. The summed E-state index contributed by atoms with van der Waals surface area (Å²) in [7, 11) is 1.69. The normalized spacial score (nSPS) is 25.3. The Balaban J connectivity index is 1.47. The molecule has 9 heteroatoms. The molecular weight excluding hydrogens is 446 g/mol. The molecular formula is C26H39N5O4. The van der Waals surface area contributed by atoms with Gasteiger partial charge < -0.3 is 19.4 Å². The van der Waals surface area contributed by atoms with Crippen LogP contribution in [0.3, 0.4) is 0 Å². The van der Waals surface area contributed by atoms with E-state index in [1.54, 1.807) is 12.1 Å². The van der Waals surface area contributed by atoms with Gasteiger partial charge in [-0.05, 0) is 24.5 Å². The van der Waals surface area contributed by atoms with Gasteiger partial charge in [0.1, 0.15) is 0 Å². The number of amides is 3. The number of anilines is 1. The molecule has 3 fully saturated rings. The van der Waals surface area contributed by atoms with E-state index in [0.29, 0.717) is 58.2 Å². The Morgan fingerprint density at radius 2 is 1.74 bits per heavy atom. The smallest absolute Gasteiger partial charge is 0.247 e. The lowest BCUT2D eigenvalue weighted by atomic mass is 9.83. The van der Waals surface area contributed by atoms with Crippen LogP contribution in [0.1, 0.15) is 26.7 Å². The number of nitrogens with one attached hydrogen (secondary N) is 1. The molecule has 3 atom stereocenters. The van der Waals surface area contributed by atoms with E-state index in [-0.39, 0.29) is 35.6 Å². The number of piperidine rings is 1. The summed E-state index contributed by atoms with van der Waals surface area (Å²) in [6, 6.07) is 9.31. The van der Waals surface area contributed by atoms with Crippen LogP contribution in [0.2, 0.25) is 0 Å². The summed E-state index contributed by atoms with van der Waals surface area (Å²) in [5.74, 6) is -0.0388. The van der Waals surface area contributed by atoms with Crippen molar-refractivity contribution in [3.8, 4) is 0 Å². The highest BCUT2D eigenvalue weighted by molar-refractivity contribution is 5.98. The van der Waals surface area contributed by atoms with E-state index in [1.165, 1.54) is 0 Å². The molecule has 0 saturated carbocycles. The largest absolute Gasteiger partial charge is 0.385 e. The molecule has 3 unspecified atom stereocenters. The summed E-state index contributed by atoms with van der Waals surface area (Å²) in [5.41, 5.74) is 4.18. The van der Waals surface area contributed by atoms with Gasteiger partial charge in [0, 0.05) is 66.0 Å². The van der Waals surface area contributed by atoms with Gasteiger partial charge in [-0.15, -0.1) is 0 Å². The standard InChI is InChI=1S/C26H39N5O4/c1-19(2)16-23(32)29-11-13-30(14-12-29)25(33)21-17-28(10-7-15-35-3)18-22-24(21)27-31(26(22)34)20-8-5-4-6-9-20/h4-6,8-9,19,21-22,24,27H,7,10-18H2,1-3H3. The fourth-order valence-corrected chi connectivity index (χ4v) is 5.44. The van der Waals surface area contributed by atoms with Crippen LogP contribution in [0, 0.1) is 17.8 Å². The van der Waals surface area contributed by atoms with E-state index in [1.807, 2.05) is 54.0 Å². The maximum absolute atomic E-state index is 13.8. The molecule has 0 aliphatic carbocycles. The molecule has 1 aromatic rings. The first kappa shape index (κ1) is 25.6. The number of para-hydroxylation sites is 1. The second kappa shape index (κ2) is 11.5. The number of carbonyl (C=O) groups excluding carboxylic acids is 3. The Morgan fingerprint density at radius 1 is 1.06 bits per heavy atom. The summed E-state index contributed by atoms with van der Waals surface area (Å²) in [4.78, 5) is 45.6. The summed E-state index contributed by atoms with van der Waals surface area (Å²) in [6.45, 7) is 8.98. The minimum atomic E-state index is -0.327. The highest BCUT2D eigenvalue weighted by Crippen LogP contribution is 2.33. The van der Waals surface area contributed by atoms with Crippen molar-refractivity contribution in [2.45, 2.75) is 32.7 Å². The van der Waals surface area contributed by atoms with Crippen molar-refractivity contribution in [1.29, 1.82) is 0 Å². The molecule has 192 valence electrons. The Kier molecular flexibility index (Phi) is 8.41. The molecule has 0 radical (unpaired) electrons. The van der Waals surface area contributed by atoms with Gasteiger partial charge in [-0.1, -0.05) is 32.0 Å². The monoisotopic (exact) mass is 485 g/mol. The molecule has 0 bridgehead atoms. The third-order valence-corrected chi connectivity index (χ3v) is 7.27. The summed E-state index contributed by atoms with van der Waals surface area (Å²) < 4.78 is 5.22. The number of hydrogen-bond acceptors (Lipinski definition) is 6. The lowest BCUT2D eigenvalue weighted by molar-refractivity contribution is -0.145. The number of benzene rings is 1. The second-order valence-electron chi connectivity index (χ2n) is 10.3. The van der Waals surface area contributed by atoms with Crippen LogP contribution in [-0.2, 0) is 19.1 Å². The predicted octanol–water partition coefficient (Wildman–Crippen LogP) is 1.21. The summed E-state index contributed by atoms with van der Waals surface area (Å²) >= 11 is 0. The van der Waals surface area contributed by atoms with E-state index >= 15 is 0 Å². The number of hydrogen-bond donors (Lipinski definition) is 1. The van der Waals surface area contributed by atoms with Gasteiger partial charge in [-0.25, -0.2) is 10.4 Å². The number of nitrogens with zero attached hydrogens (tertiary/aromatic N) is 4. The van der Waals surface area contributed by atoms with E-state index in [4.69, 9.17) is 4.74 Å². The molecule has 3 aliphatic rings. The number of carbonyl (C=O) groups is 3. The zero-order valence-corrected chi connectivity index (χ0v) is 21.2. The molecule has 3 aliphatic heterocycles. The maximum Gasteiger partial charge on any atom is 0.247 e. The Morgan fingerprint density at radius 3 is 2.40 bits per heavy atom. The van der Waals surface area contributed by atoms with Gasteiger partial charge in [-0.2, -0.15) is 0 Å². The first-order valence-electron chi connectivity index (χ1n) is 12.8. The van der Waals surface area contributed by atoms with Crippen molar-refractivity contribution < 1.29 is 19.1 Å². The number of fused-ring (bicyclic) bond motifs is 1. The summed E-state index contributed by atoms with van der Waals surface area (Å²) in [5, 5.41) is 1.62. The third-order valence-electron chi connectivity index (χ3n) is 7.27. The van der Waals surface area contributed by atoms with Gasteiger partial charge in [0.15, 0.2) is 0 Å². The van der Waals surface area contributed by atoms with Crippen LogP contribution >= 0.6 is 0 Å². The van der Waals surface area contributed by atoms with Crippen molar-refractivity contribution in [2.24, 2.45) is 17.8 Å². The maximum atomic E-state index is 13.8. The number of hydrazine groups is 1. The second-order valence-corrected chi connectivity index (χ2v) is 10.3. The lowest BCUT2D eigenvalue weighted by Gasteiger charge is -2.42. The molecule has 3 saturated heterocycles. The van der Waals surface area contributed by atoms with Crippen molar-refractivity contribution in [2.75, 3.05) is 64.5 Å². The van der Waals surface area contributed by atoms with Crippen LogP contribution in [-0.4, -0.2) is 98.0 Å². The van der Waals surface area contributed by atoms with Crippen molar-refractivity contribution in [3.63, 3.8) is 0 Å². The van der Waals surface area contributed by atoms with E-state index in [9.17, 15) is 14.4 Å². The van der Waals surface area contributed by atoms with Gasteiger partial charge in [0.25, 0.3) is 0 Å². The van der Waals surface area contributed by atoms with E-state index in [2.05, 4.69) is 10.3 Å². The molecule has 1 N–H and O–H groups in total. The van der Waals surface area contributed by atoms with Crippen LogP contribution in [0.5, 0.6) is 0 Å².